The monoisotopic (exact) mass is 317 g/mol. The Morgan fingerprint density at radius 1 is 1.38 bits per heavy atom. The van der Waals surface area contributed by atoms with Crippen LogP contribution in [0.2, 0.25) is 0 Å². The summed E-state index contributed by atoms with van der Waals surface area (Å²) in [6.45, 7) is 4.38. The summed E-state index contributed by atoms with van der Waals surface area (Å²) in [6.07, 6.45) is 4.20. The highest BCUT2D eigenvalue weighted by Crippen LogP contribution is 2.38. The molecule has 0 spiro atoms. The first-order chi connectivity index (χ1) is 10.1. The molecule has 0 saturated carbocycles. The third kappa shape index (κ3) is 4.34. The van der Waals surface area contributed by atoms with E-state index in [0.29, 0.717) is 32.6 Å². The summed E-state index contributed by atoms with van der Waals surface area (Å²) in [6, 6.07) is 0. The molecule has 21 heavy (non-hydrogen) atoms. The van der Waals surface area contributed by atoms with Gasteiger partial charge in [0, 0.05) is 46.3 Å². The first-order valence-corrected chi connectivity index (χ1v) is 8.83. The van der Waals surface area contributed by atoms with E-state index in [4.69, 9.17) is 9.47 Å². The average Bonchev–Trinajstić information content (AvgIpc) is 2.52. The summed E-state index contributed by atoms with van der Waals surface area (Å²) in [5, 5.41) is 10.5. The van der Waals surface area contributed by atoms with Gasteiger partial charge >= 0.3 is 0 Å². The molecule has 2 aliphatic heterocycles. The van der Waals surface area contributed by atoms with Crippen LogP contribution in [0.5, 0.6) is 0 Å². The average molecular weight is 317 g/mol. The van der Waals surface area contributed by atoms with Gasteiger partial charge in [-0.1, -0.05) is 0 Å². The molecule has 0 aromatic carbocycles. The Morgan fingerprint density at radius 2 is 2.10 bits per heavy atom. The SMILES string of the molecule is CCN(C)C(=O)C(SC1CCCCO1)C1(O)CCOCC1. The molecule has 2 heterocycles. The molecule has 1 amide bonds. The lowest BCUT2D eigenvalue weighted by molar-refractivity contribution is -0.138. The molecular weight excluding hydrogens is 290 g/mol. The predicted octanol–water partition coefficient (Wildman–Crippen LogP) is 1.63. The zero-order valence-electron chi connectivity index (χ0n) is 13.0. The van der Waals surface area contributed by atoms with Gasteiger partial charge in [-0.25, -0.2) is 0 Å². The highest BCUT2D eigenvalue weighted by molar-refractivity contribution is 8.01. The topological polar surface area (TPSA) is 59.0 Å². The Morgan fingerprint density at radius 3 is 2.67 bits per heavy atom. The van der Waals surface area contributed by atoms with Crippen LogP contribution in [0.1, 0.15) is 39.0 Å². The zero-order valence-corrected chi connectivity index (χ0v) is 13.9. The van der Waals surface area contributed by atoms with Crippen molar-refractivity contribution >= 4 is 17.7 Å². The van der Waals surface area contributed by atoms with Gasteiger partial charge in [-0.2, -0.15) is 0 Å². The highest BCUT2D eigenvalue weighted by Gasteiger charge is 2.45. The van der Waals surface area contributed by atoms with Crippen LogP contribution in [0.4, 0.5) is 0 Å². The number of thioether (sulfide) groups is 1. The molecule has 5 nitrogen and oxygen atoms in total. The standard InChI is InChI=1S/C15H27NO4S/c1-3-16(2)14(17)13(15(18)7-10-19-11-8-15)21-12-6-4-5-9-20-12/h12-13,18H,3-11H2,1-2H3. The number of hydrogen-bond acceptors (Lipinski definition) is 5. The Hall–Kier alpha value is -0.300. The van der Waals surface area contributed by atoms with Crippen molar-refractivity contribution in [3.8, 4) is 0 Å². The van der Waals surface area contributed by atoms with Crippen molar-refractivity contribution in [3.63, 3.8) is 0 Å². The quantitative estimate of drug-likeness (QED) is 0.835. The van der Waals surface area contributed by atoms with Gasteiger partial charge in [-0.15, -0.1) is 11.8 Å². The van der Waals surface area contributed by atoms with E-state index in [1.807, 2.05) is 6.92 Å². The van der Waals surface area contributed by atoms with Crippen LogP contribution in [-0.2, 0) is 14.3 Å². The van der Waals surface area contributed by atoms with Gasteiger partial charge in [0.05, 0.1) is 5.60 Å². The molecule has 2 saturated heterocycles. The molecule has 6 heteroatoms. The number of ether oxygens (including phenoxy) is 2. The van der Waals surface area contributed by atoms with Crippen molar-refractivity contribution in [3.05, 3.63) is 0 Å². The van der Waals surface area contributed by atoms with Crippen molar-refractivity contribution in [1.29, 1.82) is 0 Å². The van der Waals surface area contributed by atoms with Gasteiger partial charge in [0.1, 0.15) is 10.7 Å². The van der Waals surface area contributed by atoms with Crippen LogP contribution >= 0.6 is 11.8 Å². The van der Waals surface area contributed by atoms with Gasteiger partial charge in [-0.05, 0) is 26.2 Å². The van der Waals surface area contributed by atoms with Crippen LogP contribution in [0.3, 0.4) is 0 Å². The van der Waals surface area contributed by atoms with E-state index in [2.05, 4.69) is 0 Å². The molecule has 1 N–H and O–H groups in total. The van der Waals surface area contributed by atoms with Crippen LogP contribution < -0.4 is 0 Å². The number of aliphatic hydroxyl groups is 1. The maximum absolute atomic E-state index is 12.7. The minimum Gasteiger partial charge on any atom is -0.388 e. The van der Waals surface area contributed by atoms with Crippen molar-refractivity contribution < 1.29 is 19.4 Å². The molecule has 0 bridgehead atoms. The second-order valence-electron chi connectivity index (χ2n) is 5.88. The Kier molecular flexibility index (Phi) is 6.34. The lowest BCUT2D eigenvalue weighted by Crippen LogP contribution is -2.53. The summed E-state index contributed by atoms with van der Waals surface area (Å²) >= 11 is 1.50. The summed E-state index contributed by atoms with van der Waals surface area (Å²) in [7, 11) is 1.79. The maximum Gasteiger partial charge on any atom is 0.238 e. The summed E-state index contributed by atoms with van der Waals surface area (Å²) in [5.74, 6) is 0.000994. The van der Waals surface area contributed by atoms with Gasteiger partial charge in [0.2, 0.25) is 5.91 Å². The second kappa shape index (κ2) is 7.81. The fraction of sp³-hybridized carbons (Fsp3) is 0.933. The van der Waals surface area contributed by atoms with E-state index in [1.165, 1.54) is 11.8 Å². The first kappa shape index (κ1) is 17.1. The van der Waals surface area contributed by atoms with Crippen LogP contribution in [-0.4, -0.2) is 65.6 Å². The highest BCUT2D eigenvalue weighted by atomic mass is 32.2. The lowest BCUT2D eigenvalue weighted by atomic mass is 9.89. The van der Waals surface area contributed by atoms with E-state index in [-0.39, 0.29) is 11.3 Å². The minimum absolute atomic E-state index is 0.000994. The molecule has 2 aliphatic rings. The van der Waals surface area contributed by atoms with Crippen LogP contribution in [0.25, 0.3) is 0 Å². The minimum atomic E-state index is -0.982. The number of carbonyl (C=O) groups is 1. The molecule has 122 valence electrons. The van der Waals surface area contributed by atoms with Crippen molar-refractivity contribution in [1.82, 2.24) is 4.90 Å². The van der Waals surface area contributed by atoms with Crippen molar-refractivity contribution in [2.75, 3.05) is 33.4 Å². The molecule has 0 aromatic rings. The Bertz CT molecular complexity index is 341. The van der Waals surface area contributed by atoms with Gasteiger partial charge in [0.25, 0.3) is 0 Å². The summed E-state index contributed by atoms with van der Waals surface area (Å²) < 4.78 is 11.1. The summed E-state index contributed by atoms with van der Waals surface area (Å²) in [4.78, 5) is 14.4. The molecule has 2 unspecified atom stereocenters. The van der Waals surface area contributed by atoms with E-state index in [0.717, 1.165) is 25.9 Å². The smallest absolute Gasteiger partial charge is 0.238 e. The maximum atomic E-state index is 12.7. The lowest BCUT2D eigenvalue weighted by Gasteiger charge is -2.40. The van der Waals surface area contributed by atoms with E-state index >= 15 is 0 Å². The van der Waals surface area contributed by atoms with Gasteiger partial charge in [0.15, 0.2) is 0 Å². The molecular formula is C15H27NO4S. The molecule has 0 radical (unpaired) electrons. The van der Waals surface area contributed by atoms with Crippen molar-refractivity contribution in [2.24, 2.45) is 0 Å². The fourth-order valence-electron chi connectivity index (χ4n) is 2.73. The van der Waals surface area contributed by atoms with Crippen LogP contribution in [0.15, 0.2) is 0 Å². The van der Waals surface area contributed by atoms with E-state index < -0.39 is 10.9 Å². The number of hydrogen-bond donors (Lipinski definition) is 1. The largest absolute Gasteiger partial charge is 0.388 e. The van der Waals surface area contributed by atoms with Gasteiger partial charge < -0.3 is 19.5 Å². The molecule has 2 fully saturated rings. The normalized spacial score (nSPS) is 27.1. The number of carbonyl (C=O) groups excluding carboxylic acids is 1. The first-order valence-electron chi connectivity index (χ1n) is 7.89. The summed E-state index contributed by atoms with van der Waals surface area (Å²) in [5.41, 5.74) is -0.964. The zero-order chi connectivity index (χ0) is 15.3. The van der Waals surface area contributed by atoms with E-state index in [9.17, 15) is 9.90 Å². The number of nitrogens with zero attached hydrogens (tertiary/aromatic N) is 1. The Labute approximate surface area is 131 Å². The third-order valence-electron chi connectivity index (χ3n) is 4.35. The third-order valence-corrected chi connectivity index (χ3v) is 5.94. The number of rotatable bonds is 5. The van der Waals surface area contributed by atoms with Gasteiger partial charge in [-0.3, -0.25) is 4.79 Å². The predicted molar refractivity (Wildman–Crippen MR) is 83.3 cm³/mol. The van der Waals surface area contributed by atoms with E-state index in [1.54, 1.807) is 11.9 Å². The molecule has 2 rings (SSSR count). The molecule has 2 atom stereocenters. The molecule has 0 aromatic heterocycles. The number of amides is 1. The molecule has 0 aliphatic carbocycles. The van der Waals surface area contributed by atoms with Crippen LogP contribution in [0, 0.1) is 0 Å². The second-order valence-corrected chi connectivity index (χ2v) is 7.15. The van der Waals surface area contributed by atoms with Crippen molar-refractivity contribution in [2.45, 2.75) is 55.3 Å². The Balaban J connectivity index is 2.10. The fourth-order valence-corrected chi connectivity index (χ4v) is 4.29.